The van der Waals surface area contributed by atoms with Gasteiger partial charge in [0, 0.05) is 12.0 Å². The topological polar surface area (TPSA) is 20.2 Å². The van der Waals surface area contributed by atoms with Gasteiger partial charge in [-0.05, 0) is 29.9 Å². The van der Waals surface area contributed by atoms with E-state index in [0.29, 0.717) is 6.42 Å². The minimum absolute atomic E-state index is 0.138. The first kappa shape index (κ1) is 10.5. The van der Waals surface area contributed by atoms with Crippen molar-refractivity contribution in [2.75, 3.05) is 6.61 Å². The zero-order chi connectivity index (χ0) is 10.8. The molecule has 0 aromatic heterocycles. The molecule has 0 saturated heterocycles. The van der Waals surface area contributed by atoms with E-state index in [1.807, 2.05) is 25.1 Å². The van der Waals surface area contributed by atoms with E-state index < -0.39 is 0 Å². The van der Waals surface area contributed by atoms with E-state index in [9.17, 15) is 0 Å². The van der Waals surface area contributed by atoms with Gasteiger partial charge in [0.05, 0.1) is 5.02 Å². The van der Waals surface area contributed by atoms with Crippen LogP contribution >= 0.6 is 11.6 Å². The predicted octanol–water partition coefficient (Wildman–Crippen LogP) is 3.34. The number of aryl methyl sites for hydroxylation is 1. The van der Waals surface area contributed by atoms with Crippen molar-refractivity contribution in [1.82, 2.24) is 0 Å². The first-order chi connectivity index (χ1) is 7.24. The largest absolute Gasteiger partial charge is 0.396 e. The van der Waals surface area contributed by atoms with Crippen molar-refractivity contribution in [1.29, 1.82) is 0 Å². The standard InChI is InChI=1S/C13H13ClO/c1-9-8-10-4-2-3-5-12(10)13(14)11(9)6-7-15/h2-5,8,15H,6-7H2,1H3. The summed E-state index contributed by atoms with van der Waals surface area (Å²) in [6.45, 7) is 2.17. The van der Waals surface area contributed by atoms with E-state index in [0.717, 1.165) is 26.9 Å². The highest BCUT2D eigenvalue weighted by Gasteiger charge is 2.08. The Labute approximate surface area is 94.3 Å². The first-order valence-electron chi connectivity index (χ1n) is 5.01. The predicted molar refractivity (Wildman–Crippen MR) is 64.5 cm³/mol. The van der Waals surface area contributed by atoms with E-state index in [-0.39, 0.29) is 6.61 Å². The average molecular weight is 221 g/mol. The number of hydrogen-bond acceptors (Lipinski definition) is 1. The fraction of sp³-hybridized carbons (Fsp3) is 0.231. The van der Waals surface area contributed by atoms with Gasteiger partial charge in [-0.3, -0.25) is 0 Å². The molecule has 2 aromatic carbocycles. The highest BCUT2D eigenvalue weighted by Crippen LogP contribution is 2.30. The minimum atomic E-state index is 0.138. The molecule has 0 heterocycles. The monoisotopic (exact) mass is 220 g/mol. The van der Waals surface area contributed by atoms with Gasteiger partial charge in [-0.25, -0.2) is 0 Å². The van der Waals surface area contributed by atoms with E-state index in [1.165, 1.54) is 0 Å². The van der Waals surface area contributed by atoms with Gasteiger partial charge in [0.2, 0.25) is 0 Å². The van der Waals surface area contributed by atoms with Crippen molar-refractivity contribution in [3.63, 3.8) is 0 Å². The summed E-state index contributed by atoms with van der Waals surface area (Å²) in [6.07, 6.45) is 0.621. The molecule has 0 spiro atoms. The molecule has 0 fully saturated rings. The molecular formula is C13H13ClO. The number of halogens is 1. The summed E-state index contributed by atoms with van der Waals surface area (Å²) in [5.74, 6) is 0. The number of fused-ring (bicyclic) bond motifs is 1. The van der Waals surface area contributed by atoms with Crippen LogP contribution in [-0.2, 0) is 6.42 Å². The lowest BCUT2D eigenvalue weighted by atomic mass is 10.00. The molecule has 0 saturated carbocycles. The fourth-order valence-electron chi connectivity index (χ4n) is 1.90. The Morgan fingerprint density at radius 3 is 2.73 bits per heavy atom. The lowest BCUT2D eigenvalue weighted by molar-refractivity contribution is 0.299. The van der Waals surface area contributed by atoms with Crippen LogP contribution in [0.2, 0.25) is 5.02 Å². The number of rotatable bonds is 2. The maximum atomic E-state index is 8.98. The zero-order valence-electron chi connectivity index (χ0n) is 8.63. The molecule has 0 aliphatic rings. The second-order valence-corrected chi connectivity index (χ2v) is 4.06. The fourth-order valence-corrected chi connectivity index (χ4v) is 2.31. The zero-order valence-corrected chi connectivity index (χ0v) is 9.38. The molecule has 0 aliphatic carbocycles. The molecule has 0 radical (unpaired) electrons. The minimum Gasteiger partial charge on any atom is -0.396 e. The Morgan fingerprint density at radius 2 is 2.00 bits per heavy atom. The summed E-state index contributed by atoms with van der Waals surface area (Å²) in [6, 6.07) is 10.2. The van der Waals surface area contributed by atoms with Gasteiger partial charge in [-0.2, -0.15) is 0 Å². The summed E-state index contributed by atoms with van der Waals surface area (Å²) < 4.78 is 0. The van der Waals surface area contributed by atoms with Crippen molar-refractivity contribution in [3.8, 4) is 0 Å². The lowest BCUT2D eigenvalue weighted by Gasteiger charge is -2.10. The average Bonchev–Trinajstić information content (AvgIpc) is 2.24. The molecule has 0 amide bonds. The Balaban J connectivity index is 2.72. The third kappa shape index (κ3) is 1.85. The van der Waals surface area contributed by atoms with Crippen LogP contribution in [0, 0.1) is 6.92 Å². The highest BCUT2D eigenvalue weighted by molar-refractivity contribution is 6.36. The normalized spacial score (nSPS) is 10.9. The van der Waals surface area contributed by atoms with Crippen LogP contribution < -0.4 is 0 Å². The molecule has 2 rings (SSSR count). The Kier molecular flexibility index (Phi) is 2.94. The molecule has 1 nitrogen and oxygen atoms in total. The second kappa shape index (κ2) is 4.21. The van der Waals surface area contributed by atoms with Gasteiger partial charge in [0.15, 0.2) is 0 Å². The summed E-state index contributed by atoms with van der Waals surface area (Å²) in [7, 11) is 0. The lowest BCUT2D eigenvalue weighted by Crippen LogP contribution is -1.96. The van der Waals surface area contributed by atoms with Gasteiger partial charge < -0.3 is 5.11 Å². The van der Waals surface area contributed by atoms with Crippen LogP contribution in [0.1, 0.15) is 11.1 Å². The molecular weight excluding hydrogens is 208 g/mol. The third-order valence-corrected chi connectivity index (χ3v) is 3.10. The molecule has 2 aromatic rings. The summed E-state index contributed by atoms with van der Waals surface area (Å²) in [4.78, 5) is 0. The molecule has 1 N–H and O–H groups in total. The van der Waals surface area contributed by atoms with E-state index in [2.05, 4.69) is 12.1 Å². The summed E-state index contributed by atoms with van der Waals surface area (Å²) >= 11 is 6.31. The van der Waals surface area contributed by atoms with Crippen LogP contribution in [0.5, 0.6) is 0 Å². The number of benzene rings is 2. The van der Waals surface area contributed by atoms with Crippen LogP contribution in [0.25, 0.3) is 10.8 Å². The van der Waals surface area contributed by atoms with Crippen molar-refractivity contribution in [2.45, 2.75) is 13.3 Å². The van der Waals surface area contributed by atoms with Crippen LogP contribution in [0.3, 0.4) is 0 Å². The van der Waals surface area contributed by atoms with Gasteiger partial charge in [-0.15, -0.1) is 0 Å². The molecule has 15 heavy (non-hydrogen) atoms. The SMILES string of the molecule is Cc1cc2ccccc2c(Cl)c1CCO. The van der Waals surface area contributed by atoms with Gasteiger partial charge >= 0.3 is 0 Å². The highest BCUT2D eigenvalue weighted by atomic mass is 35.5. The van der Waals surface area contributed by atoms with E-state index in [1.54, 1.807) is 0 Å². The molecule has 0 atom stereocenters. The van der Waals surface area contributed by atoms with Crippen LogP contribution in [0.15, 0.2) is 30.3 Å². The van der Waals surface area contributed by atoms with Crippen LogP contribution in [-0.4, -0.2) is 11.7 Å². The number of aliphatic hydroxyl groups excluding tert-OH is 1. The molecule has 0 aliphatic heterocycles. The number of hydrogen-bond donors (Lipinski definition) is 1. The maximum Gasteiger partial charge on any atom is 0.0519 e. The number of aliphatic hydroxyl groups is 1. The molecule has 2 heteroatoms. The Bertz CT molecular complexity index is 491. The maximum absolute atomic E-state index is 8.98. The summed E-state index contributed by atoms with van der Waals surface area (Å²) in [5, 5.41) is 12.0. The molecule has 0 unspecified atom stereocenters. The van der Waals surface area contributed by atoms with Crippen LogP contribution in [0.4, 0.5) is 0 Å². The smallest absolute Gasteiger partial charge is 0.0519 e. The van der Waals surface area contributed by atoms with E-state index >= 15 is 0 Å². The summed E-state index contributed by atoms with van der Waals surface area (Å²) in [5.41, 5.74) is 2.20. The Morgan fingerprint density at radius 1 is 1.27 bits per heavy atom. The second-order valence-electron chi connectivity index (χ2n) is 3.68. The first-order valence-corrected chi connectivity index (χ1v) is 5.39. The van der Waals surface area contributed by atoms with Gasteiger partial charge in [0.25, 0.3) is 0 Å². The van der Waals surface area contributed by atoms with Crippen molar-refractivity contribution < 1.29 is 5.11 Å². The van der Waals surface area contributed by atoms with E-state index in [4.69, 9.17) is 16.7 Å². The van der Waals surface area contributed by atoms with Gasteiger partial charge in [0.1, 0.15) is 0 Å². The van der Waals surface area contributed by atoms with Crippen molar-refractivity contribution >= 4 is 22.4 Å². The molecule has 0 bridgehead atoms. The van der Waals surface area contributed by atoms with Crippen molar-refractivity contribution in [3.05, 3.63) is 46.5 Å². The van der Waals surface area contributed by atoms with Gasteiger partial charge in [-0.1, -0.05) is 41.9 Å². The third-order valence-electron chi connectivity index (χ3n) is 2.67. The Hall–Kier alpha value is -1.05. The molecule has 78 valence electrons. The quantitative estimate of drug-likeness (QED) is 0.823. The van der Waals surface area contributed by atoms with Crippen molar-refractivity contribution in [2.24, 2.45) is 0 Å².